The van der Waals surface area contributed by atoms with Crippen molar-refractivity contribution < 1.29 is 18.3 Å². The monoisotopic (exact) mass is 271 g/mol. The molecule has 1 heterocycles. The number of hydrogen-bond donors (Lipinski definition) is 1. The van der Waals surface area contributed by atoms with E-state index in [4.69, 9.17) is 4.74 Å². The van der Waals surface area contributed by atoms with Gasteiger partial charge >= 0.3 is 0 Å². The molecule has 2 atom stereocenters. The van der Waals surface area contributed by atoms with Gasteiger partial charge in [0.2, 0.25) is 10.0 Å². The Hall–Kier alpha value is -1.11. The molecule has 1 saturated heterocycles. The van der Waals surface area contributed by atoms with Gasteiger partial charge in [-0.15, -0.1) is 0 Å². The molecule has 1 aliphatic rings. The van der Waals surface area contributed by atoms with E-state index >= 15 is 0 Å². The van der Waals surface area contributed by atoms with Crippen molar-refractivity contribution in [2.24, 2.45) is 0 Å². The molecule has 0 spiro atoms. The van der Waals surface area contributed by atoms with Crippen LogP contribution in [0.1, 0.15) is 18.0 Å². The third-order valence-electron chi connectivity index (χ3n) is 3.14. The minimum Gasteiger partial charge on any atom is -0.497 e. The summed E-state index contributed by atoms with van der Waals surface area (Å²) in [6.07, 6.45) is 0.967. The highest BCUT2D eigenvalue weighted by atomic mass is 32.2. The van der Waals surface area contributed by atoms with E-state index in [1.54, 1.807) is 19.2 Å². The van der Waals surface area contributed by atoms with Crippen LogP contribution < -0.4 is 4.74 Å². The van der Waals surface area contributed by atoms with E-state index < -0.39 is 16.1 Å². The summed E-state index contributed by atoms with van der Waals surface area (Å²) in [6, 6.07) is 6.97. The Morgan fingerprint density at radius 1 is 1.44 bits per heavy atom. The van der Waals surface area contributed by atoms with Gasteiger partial charge in [-0.2, -0.15) is 4.31 Å². The van der Waals surface area contributed by atoms with Gasteiger partial charge in [0.25, 0.3) is 0 Å². The maximum atomic E-state index is 11.7. The van der Waals surface area contributed by atoms with Crippen molar-refractivity contribution in [1.82, 2.24) is 4.31 Å². The lowest BCUT2D eigenvalue weighted by molar-refractivity contribution is 0.188. The van der Waals surface area contributed by atoms with Gasteiger partial charge in [-0.1, -0.05) is 12.1 Å². The standard InChI is InChI=1S/C12H17NO4S/c1-17-11-5-3-4-9(6-11)12-7-10(14)8-13(12)18(2,15)16/h3-6,10,12,14H,7-8H2,1-2H3. The molecule has 18 heavy (non-hydrogen) atoms. The predicted molar refractivity (Wildman–Crippen MR) is 67.9 cm³/mol. The molecule has 100 valence electrons. The second-order valence-electron chi connectivity index (χ2n) is 4.51. The highest BCUT2D eigenvalue weighted by Crippen LogP contribution is 2.35. The van der Waals surface area contributed by atoms with Crippen LogP contribution in [0, 0.1) is 0 Å². The van der Waals surface area contributed by atoms with Gasteiger partial charge in [-0.05, 0) is 24.1 Å². The molecule has 2 unspecified atom stereocenters. The largest absolute Gasteiger partial charge is 0.497 e. The maximum absolute atomic E-state index is 11.7. The Morgan fingerprint density at radius 3 is 2.78 bits per heavy atom. The summed E-state index contributed by atoms with van der Waals surface area (Å²) in [7, 11) is -1.75. The number of rotatable bonds is 3. The molecule has 1 N–H and O–H groups in total. The summed E-state index contributed by atoms with van der Waals surface area (Å²) < 4.78 is 29.9. The smallest absolute Gasteiger partial charge is 0.211 e. The highest BCUT2D eigenvalue weighted by molar-refractivity contribution is 7.88. The molecule has 0 amide bonds. The summed E-state index contributed by atoms with van der Waals surface area (Å²) in [5, 5.41) is 9.68. The van der Waals surface area contributed by atoms with Crippen LogP contribution in [0.15, 0.2) is 24.3 Å². The first-order valence-corrected chi connectivity index (χ1v) is 7.55. The van der Waals surface area contributed by atoms with Crippen molar-refractivity contribution in [1.29, 1.82) is 0 Å². The minimum absolute atomic E-state index is 0.153. The van der Waals surface area contributed by atoms with Crippen LogP contribution >= 0.6 is 0 Å². The summed E-state index contributed by atoms with van der Waals surface area (Å²) >= 11 is 0. The first kappa shape index (κ1) is 13.3. The van der Waals surface area contributed by atoms with Crippen molar-refractivity contribution in [2.45, 2.75) is 18.6 Å². The fourth-order valence-electron chi connectivity index (χ4n) is 2.30. The van der Waals surface area contributed by atoms with E-state index in [0.717, 1.165) is 11.8 Å². The van der Waals surface area contributed by atoms with Crippen LogP contribution in [0.3, 0.4) is 0 Å². The number of aliphatic hydroxyl groups excluding tert-OH is 1. The lowest BCUT2D eigenvalue weighted by Gasteiger charge is -2.22. The van der Waals surface area contributed by atoms with Gasteiger partial charge in [0.15, 0.2) is 0 Å². The lowest BCUT2D eigenvalue weighted by Crippen LogP contribution is -2.30. The molecule has 0 radical (unpaired) electrons. The summed E-state index contributed by atoms with van der Waals surface area (Å²) in [5.74, 6) is 0.683. The highest BCUT2D eigenvalue weighted by Gasteiger charge is 2.37. The van der Waals surface area contributed by atoms with Crippen molar-refractivity contribution in [3.8, 4) is 5.75 Å². The molecule has 1 aliphatic heterocycles. The third kappa shape index (κ3) is 2.66. The zero-order valence-electron chi connectivity index (χ0n) is 10.4. The second-order valence-corrected chi connectivity index (χ2v) is 6.45. The number of hydrogen-bond acceptors (Lipinski definition) is 4. The van der Waals surface area contributed by atoms with E-state index in [1.165, 1.54) is 4.31 Å². The molecular weight excluding hydrogens is 254 g/mol. The van der Waals surface area contributed by atoms with Crippen molar-refractivity contribution in [3.63, 3.8) is 0 Å². The van der Waals surface area contributed by atoms with Crippen LogP contribution in [0.25, 0.3) is 0 Å². The minimum atomic E-state index is -3.32. The number of methoxy groups -OCH3 is 1. The van der Waals surface area contributed by atoms with Crippen LogP contribution in [0.5, 0.6) is 5.75 Å². The van der Waals surface area contributed by atoms with E-state index in [9.17, 15) is 13.5 Å². The molecule has 5 nitrogen and oxygen atoms in total. The Kier molecular flexibility index (Phi) is 3.61. The molecule has 1 aromatic rings. The molecular formula is C12H17NO4S. The first-order chi connectivity index (χ1) is 8.41. The van der Waals surface area contributed by atoms with E-state index in [0.29, 0.717) is 12.2 Å². The molecule has 0 aliphatic carbocycles. The zero-order chi connectivity index (χ0) is 13.3. The molecule has 0 bridgehead atoms. The van der Waals surface area contributed by atoms with E-state index in [2.05, 4.69) is 0 Å². The van der Waals surface area contributed by atoms with Gasteiger partial charge < -0.3 is 9.84 Å². The molecule has 1 fully saturated rings. The average molecular weight is 271 g/mol. The summed E-state index contributed by atoms with van der Waals surface area (Å²) in [6.45, 7) is 0.153. The molecule has 6 heteroatoms. The quantitative estimate of drug-likeness (QED) is 0.881. The van der Waals surface area contributed by atoms with Gasteiger partial charge in [0.05, 0.1) is 25.5 Å². The van der Waals surface area contributed by atoms with Crippen molar-refractivity contribution in [2.75, 3.05) is 19.9 Å². The Balaban J connectivity index is 2.35. The van der Waals surface area contributed by atoms with E-state index in [-0.39, 0.29) is 12.6 Å². The zero-order valence-corrected chi connectivity index (χ0v) is 11.2. The van der Waals surface area contributed by atoms with E-state index in [1.807, 2.05) is 12.1 Å². The number of β-amino-alcohol motifs (C(OH)–C–C–N with tert-alkyl or cyclic N) is 1. The van der Waals surface area contributed by atoms with Crippen LogP contribution in [-0.4, -0.2) is 43.8 Å². The Bertz CT molecular complexity index is 529. The number of sulfonamides is 1. The Morgan fingerprint density at radius 2 is 2.17 bits per heavy atom. The first-order valence-electron chi connectivity index (χ1n) is 5.70. The average Bonchev–Trinajstić information content (AvgIpc) is 2.71. The van der Waals surface area contributed by atoms with Crippen LogP contribution in [-0.2, 0) is 10.0 Å². The summed E-state index contributed by atoms with van der Waals surface area (Å²) in [4.78, 5) is 0. The van der Waals surface area contributed by atoms with Crippen molar-refractivity contribution >= 4 is 10.0 Å². The maximum Gasteiger partial charge on any atom is 0.211 e. The SMILES string of the molecule is COc1cccc(C2CC(O)CN2S(C)(=O)=O)c1. The normalized spacial score (nSPS) is 25.3. The van der Waals surface area contributed by atoms with Gasteiger partial charge in [-0.25, -0.2) is 8.42 Å². The van der Waals surface area contributed by atoms with Gasteiger partial charge in [0.1, 0.15) is 5.75 Å². The Labute approximate surface area is 107 Å². The van der Waals surface area contributed by atoms with Gasteiger partial charge in [0, 0.05) is 6.54 Å². The van der Waals surface area contributed by atoms with Crippen LogP contribution in [0.2, 0.25) is 0 Å². The predicted octanol–water partition coefficient (Wildman–Crippen LogP) is 0.763. The fourth-order valence-corrected chi connectivity index (χ4v) is 3.42. The molecule has 0 saturated carbocycles. The number of nitrogens with zero attached hydrogens (tertiary/aromatic N) is 1. The van der Waals surface area contributed by atoms with Crippen molar-refractivity contribution in [3.05, 3.63) is 29.8 Å². The topological polar surface area (TPSA) is 66.8 Å². The fraction of sp³-hybridized carbons (Fsp3) is 0.500. The third-order valence-corrected chi connectivity index (χ3v) is 4.39. The van der Waals surface area contributed by atoms with Gasteiger partial charge in [-0.3, -0.25) is 0 Å². The van der Waals surface area contributed by atoms with Crippen LogP contribution in [0.4, 0.5) is 0 Å². The molecule has 2 rings (SSSR count). The number of benzene rings is 1. The number of aliphatic hydroxyl groups is 1. The number of ether oxygens (including phenoxy) is 1. The second kappa shape index (κ2) is 4.87. The molecule has 1 aromatic carbocycles. The lowest BCUT2D eigenvalue weighted by atomic mass is 10.0. The molecule has 0 aromatic heterocycles. The summed E-state index contributed by atoms with van der Waals surface area (Å²) in [5.41, 5.74) is 0.844.